The molecule has 5 heteroatoms. The first kappa shape index (κ1) is 17.4. The number of carbonyl (C=O) groups is 1. The Bertz CT molecular complexity index is 629. The van der Waals surface area contributed by atoms with Crippen molar-refractivity contribution in [2.75, 3.05) is 11.9 Å². The van der Waals surface area contributed by atoms with Gasteiger partial charge in [0, 0.05) is 12.2 Å². The summed E-state index contributed by atoms with van der Waals surface area (Å²) in [5.74, 6) is 0.604. The van der Waals surface area contributed by atoms with E-state index in [1.807, 2.05) is 18.2 Å². The molecule has 1 aliphatic carbocycles. The first-order chi connectivity index (χ1) is 10.8. The molecule has 0 aliphatic heterocycles. The molecule has 1 fully saturated rings. The number of aryl methyl sites for hydroxylation is 2. The molecule has 0 radical (unpaired) electrons. The zero-order valence-corrected chi connectivity index (χ0v) is 13.8. The second kappa shape index (κ2) is 8.65. The average molecular weight is 332 g/mol. The van der Waals surface area contributed by atoms with E-state index in [0.29, 0.717) is 18.4 Å². The van der Waals surface area contributed by atoms with Crippen molar-refractivity contribution in [1.29, 1.82) is 0 Å². The van der Waals surface area contributed by atoms with Crippen LogP contribution in [0, 0.1) is 0 Å². The quantitative estimate of drug-likeness (QED) is 0.820. The normalized spacial score (nSPS) is 13.2. The van der Waals surface area contributed by atoms with Gasteiger partial charge in [-0.05, 0) is 48.9 Å². The first-order valence-corrected chi connectivity index (χ1v) is 7.82. The zero-order chi connectivity index (χ0) is 15.2. The van der Waals surface area contributed by atoms with E-state index in [1.54, 1.807) is 6.20 Å². The molecular weight excluding hydrogens is 310 g/mol. The van der Waals surface area contributed by atoms with Crippen molar-refractivity contribution in [3.8, 4) is 0 Å². The molecule has 1 aromatic heterocycles. The minimum Gasteiger partial charge on any atom is -0.310 e. The van der Waals surface area contributed by atoms with Gasteiger partial charge < -0.3 is 10.6 Å². The Labute approximate surface area is 143 Å². The average Bonchev–Trinajstić information content (AvgIpc) is 3.37. The number of hydrogen-bond donors (Lipinski definition) is 2. The number of anilines is 1. The number of benzene rings is 1. The number of amides is 1. The third-order valence-electron chi connectivity index (χ3n) is 3.77. The fourth-order valence-corrected chi connectivity index (χ4v) is 2.34. The van der Waals surface area contributed by atoms with Crippen LogP contribution in [0.1, 0.15) is 24.0 Å². The fourth-order valence-electron chi connectivity index (χ4n) is 2.34. The molecule has 0 saturated heterocycles. The predicted molar refractivity (Wildman–Crippen MR) is 95.0 cm³/mol. The maximum absolute atomic E-state index is 11.8. The molecule has 2 N–H and O–H groups in total. The molecule has 1 aliphatic rings. The molecule has 23 heavy (non-hydrogen) atoms. The van der Waals surface area contributed by atoms with E-state index in [1.165, 1.54) is 24.0 Å². The number of pyridine rings is 1. The minimum atomic E-state index is -0.0281. The molecule has 122 valence electrons. The second-order valence-corrected chi connectivity index (χ2v) is 5.74. The molecule has 1 amide bonds. The van der Waals surface area contributed by atoms with Crippen molar-refractivity contribution in [2.24, 2.45) is 0 Å². The fraction of sp³-hybridized carbons (Fsp3) is 0.333. The molecule has 1 aromatic carbocycles. The molecule has 4 nitrogen and oxygen atoms in total. The second-order valence-electron chi connectivity index (χ2n) is 5.74. The molecule has 0 spiro atoms. The first-order valence-electron chi connectivity index (χ1n) is 7.82. The van der Waals surface area contributed by atoms with Crippen LogP contribution in [0.5, 0.6) is 0 Å². The standard InChI is InChI=1S/C18H21N3O.ClH/c22-18(13-20-16-8-9-16)21-17-12-15(10-11-19-17)7-6-14-4-2-1-3-5-14;/h1-5,10-12,16,20H,6-9,13H2,(H,19,21,22);1H. The molecule has 1 heterocycles. The number of rotatable bonds is 7. The van der Waals surface area contributed by atoms with Crippen LogP contribution in [-0.2, 0) is 17.6 Å². The van der Waals surface area contributed by atoms with E-state index in [4.69, 9.17) is 0 Å². The van der Waals surface area contributed by atoms with E-state index in [9.17, 15) is 4.79 Å². The lowest BCUT2D eigenvalue weighted by Crippen LogP contribution is -2.29. The van der Waals surface area contributed by atoms with Gasteiger partial charge in [0.15, 0.2) is 0 Å². The van der Waals surface area contributed by atoms with Gasteiger partial charge in [0.25, 0.3) is 0 Å². The third kappa shape index (κ3) is 6.00. The van der Waals surface area contributed by atoms with Crippen molar-refractivity contribution in [3.05, 3.63) is 59.8 Å². The Morgan fingerprint density at radius 3 is 2.57 bits per heavy atom. The van der Waals surface area contributed by atoms with Gasteiger partial charge in [0.05, 0.1) is 6.54 Å². The lowest BCUT2D eigenvalue weighted by molar-refractivity contribution is -0.115. The van der Waals surface area contributed by atoms with Crippen LogP contribution in [-0.4, -0.2) is 23.5 Å². The van der Waals surface area contributed by atoms with Gasteiger partial charge in [-0.25, -0.2) is 4.98 Å². The van der Waals surface area contributed by atoms with E-state index in [-0.39, 0.29) is 18.3 Å². The summed E-state index contributed by atoms with van der Waals surface area (Å²) in [7, 11) is 0. The highest BCUT2D eigenvalue weighted by Gasteiger charge is 2.21. The third-order valence-corrected chi connectivity index (χ3v) is 3.77. The van der Waals surface area contributed by atoms with E-state index in [2.05, 4.69) is 39.9 Å². The van der Waals surface area contributed by atoms with Gasteiger partial charge in [-0.1, -0.05) is 30.3 Å². The number of nitrogens with zero attached hydrogens (tertiary/aromatic N) is 1. The van der Waals surface area contributed by atoms with Crippen LogP contribution in [0.3, 0.4) is 0 Å². The van der Waals surface area contributed by atoms with Crippen molar-refractivity contribution in [2.45, 2.75) is 31.7 Å². The van der Waals surface area contributed by atoms with Crippen molar-refractivity contribution in [1.82, 2.24) is 10.3 Å². The largest absolute Gasteiger partial charge is 0.310 e. The Morgan fingerprint density at radius 1 is 1.09 bits per heavy atom. The predicted octanol–water partition coefficient (Wildman–Crippen LogP) is 2.98. The summed E-state index contributed by atoms with van der Waals surface area (Å²) in [6.45, 7) is 0.362. The zero-order valence-electron chi connectivity index (χ0n) is 13.0. The molecular formula is C18H22ClN3O. The Morgan fingerprint density at radius 2 is 1.83 bits per heavy atom. The van der Waals surface area contributed by atoms with Gasteiger partial charge >= 0.3 is 0 Å². The van der Waals surface area contributed by atoms with E-state index < -0.39 is 0 Å². The van der Waals surface area contributed by atoms with E-state index in [0.717, 1.165) is 12.8 Å². The number of halogens is 1. The Hall–Kier alpha value is -1.91. The number of hydrogen-bond acceptors (Lipinski definition) is 3. The van der Waals surface area contributed by atoms with Crippen molar-refractivity contribution < 1.29 is 4.79 Å². The summed E-state index contributed by atoms with van der Waals surface area (Å²) < 4.78 is 0. The number of aromatic nitrogens is 1. The van der Waals surface area contributed by atoms with Gasteiger partial charge in [-0.15, -0.1) is 12.4 Å². The lowest BCUT2D eigenvalue weighted by Gasteiger charge is -2.07. The topological polar surface area (TPSA) is 54.0 Å². The number of carbonyl (C=O) groups excluding carboxylic acids is 1. The van der Waals surface area contributed by atoms with Gasteiger partial charge in [0.1, 0.15) is 5.82 Å². The minimum absolute atomic E-state index is 0. The van der Waals surface area contributed by atoms with Crippen molar-refractivity contribution >= 4 is 24.1 Å². The highest BCUT2D eigenvalue weighted by molar-refractivity contribution is 5.91. The van der Waals surface area contributed by atoms with Gasteiger partial charge in [-0.2, -0.15) is 0 Å². The summed E-state index contributed by atoms with van der Waals surface area (Å²) in [6.07, 6.45) is 6.04. The number of nitrogens with one attached hydrogen (secondary N) is 2. The molecule has 2 aromatic rings. The van der Waals surface area contributed by atoms with Crippen molar-refractivity contribution in [3.63, 3.8) is 0 Å². The van der Waals surface area contributed by atoms with Crippen LogP contribution in [0.15, 0.2) is 48.7 Å². The van der Waals surface area contributed by atoms with Crippen LogP contribution in [0.2, 0.25) is 0 Å². The molecule has 0 bridgehead atoms. The van der Waals surface area contributed by atoms with Crippen LogP contribution < -0.4 is 10.6 Å². The SMILES string of the molecule is Cl.O=C(CNC1CC1)Nc1cc(CCc2ccccc2)ccn1. The summed E-state index contributed by atoms with van der Waals surface area (Å²) in [6, 6.07) is 14.9. The Kier molecular flexibility index (Phi) is 6.56. The van der Waals surface area contributed by atoms with Gasteiger partial charge in [0.2, 0.25) is 5.91 Å². The lowest BCUT2D eigenvalue weighted by atomic mass is 10.1. The molecule has 0 atom stereocenters. The monoisotopic (exact) mass is 331 g/mol. The van der Waals surface area contributed by atoms with Gasteiger partial charge in [-0.3, -0.25) is 4.79 Å². The summed E-state index contributed by atoms with van der Waals surface area (Å²) in [5.41, 5.74) is 2.50. The summed E-state index contributed by atoms with van der Waals surface area (Å²) in [4.78, 5) is 16.0. The molecule has 0 unspecified atom stereocenters. The maximum Gasteiger partial charge on any atom is 0.239 e. The highest BCUT2D eigenvalue weighted by Crippen LogP contribution is 2.18. The Balaban J connectivity index is 0.00000192. The van der Waals surface area contributed by atoms with Crippen LogP contribution in [0.25, 0.3) is 0 Å². The maximum atomic E-state index is 11.8. The highest BCUT2D eigenvalue weighted by atomic mass is 35.5. The summed E-state index contributed by atoms with van der Waals surface area (Å²) >= 11 is 0. The van der Waals surface area contributed by atoms with Crippen LogP contribution >= 0.6 is 12.4 Å². The smallest absolute Gasteiger partial charge is 0.239 e. The summed E-state index contributed by atoms with van der Waals surface area (Å²) in [5, 5.41) is 6.05. The molecule has 1 saturated carbocycles. The van der Waals surface area contributed by atoms with E-state index >= 15 is 0 Å². The molecule has 3 rings (SSSR count). The van der Waals surface area contributed by atoms with Crippen LogP contribution in [0.4, 0.5) is 5.82 Å².